The van der Waals surface area contributed by atoms with Crippen LogP contribution in [0.25, 0.3) is 0 Å². The van der Waals surface area contributed by atoms with E-state index < -0.39 is 0 Å². The molecular weight excluding hydrogens is 288 g/mol. The van der Waals surface area contributed by atoms with Crippen molar-refractivity contribution in [3.8, 4) is 0 Å². The van der Waals surface area contributed by atoms with Crippen LogP contribution in [0.3, 0.4) is 0 Å². The lowest BCUT2D eigenvalue weighted by Crippen LogP contribution is -2.26. The Balaban J connectivity index is 1.80. The third-order valence-electron chi connectivity index (χ3n) is 2.90. The van der Waals surface area contributed by atoms with Gasteiger partial charge < -0.3 is 19.6 Å². The van der Waals surface area contributed by atoms with E-state index in [1.807, 2.05) is 30.9 Å². The number of imidazole rings is 1. The molecule has 0 saturated carbocycles. The Morgan fingerprint density at radius 3 is 3.00 bits per heavy atom. The van der Waals surface area contributed by atoms with Gasteiger partial charge in [0.25, 0.3) is 5.91 Å². The fourth-order valence-corrected chi connectivity index (χ4v) is 2.58. The molecule has 0 aromatic carbocycles. The zero-order valence-corrected chi connectivity index (χ0v) is 13.1. The molecule has 2 heterocycles. The molecule has 0 aliphatic rings. The number of carbonyl (C=O) groups is 1. The monoisotopic (exact) mass is 308 g/mol. The van der Waals surface area contributed by atoms with Gasteiger partial charge in [0.2, 0.25) is 0 Å². The van der Waals surface area contributed by atoms with E-state index in [-0.39, 0.29) is 5.91 Å². The first-order valence-corrected chi connectivity index (χ1v) is 7.81. The highest BCUT2D eigenvalue weighted by Gasteiger charge is 2.11. The van der Waals surface area contributed by atoms with Gasteiger partial charge in [-0.1, -0.05) is 11.8 Å². The van der Waals surface area contributed by atoms with Crippen LogP contribution >= 0.6 is 11.8 Å². The summed E-state index contributed by atoms with van der Waals surface area (Å²) in [5.74, 6) is 1.61. The van der Waals surface area contributed by atoms with Crippen LogP contribution in [0.2, 0.25) is 0 Å². The summed E-state index contributed by atoms with van der Waals surface area (Å²) in [4.78, 5) is 16.1. The first-order chi connectivity index (χ1) is 10.2. The zero-order valence-electron chi connectivity index (χ0n) is 12.3. The summed E-state index contributed by atoms with van der Waals surface area (Å²) in [5.41, 5.74) is 0. The summed E-state index contributed by atoms with van der Waals surface area (Å²) in [6.45, 7) is 1.52. The molecule has 21 heavy (non-hydrogen) atoms. The van der Waals surface area contributed by atoms with Crippen molar-refractivity contribution in [1.29, 1.82) is 0 Å². The van der Waals surface area contributed by atoms with E-state index in [9.17, 15) is 4.79 Å². The fourth-order valence-electron chi connectivity index (χ4n) is 1.76. The Morgan fingerprint density at radius 2 is 2.29 bits per heavy atom. The molecule has 6 nitrogen and oxygen atoms in total. The second-order valence-corrected chi connectivity index (χ2v) is 5.53. The number of furan rings is 1. The maximum atomic E-state index is 11.9. The number of hydrogen-bond acceptors (Lipinski definition) is 5. The first kappa shape index (κ1) is 15.7. The van der Waals surface area contributed by atoms with Crippen LogP contribution in [0.1, 0.15) is 22.7 Å². The third-order valence-corrected chi connectivity index (χ3v) is 3.98. The molecule has 0 spiro atoms. The fraction of sp³-hybridized carbons (Fsp3) is 0.429. The molecule has 2 aromatic heterocycles. The molecule has 0 aliphatic heterocycles. The number of hydrogen-bond donors (Lipinski definition) is 2. The average Bonchev–Trinajstić information content (AvgIpc) is 3.10. The maximum absolute atomic E-state index is 11.9. The van der Waals surface area contributed by atoms with Crippen molar-refractivity contribution in [1.82, 2.24) is 20.2 Å². The smallest absolute Gasteiger partial charge is 0.286 e. The van der Waals surface area contributed by atoms with Crippen molar-refractivity contribution in [3.05, 3.63) is 36.0 Å². The van der Waals surface area contributed by atoms with Crippen LogP contribution < -0.4 is 10.6 Å². The minimum absolute atomic E-state index is 0.167. The van der Waals surface area contributed by atoms with E-state index in [0.29, 0.717) is 18.1 Å². The number of thioether (sulfide) groups is 1. The molecule has 0 aliphatic carbocycles. The van der Waals surface area contributed by atoms with E-state index in [2.05, 4.69) is 15.6 Å². The van der Waals surface area contributed by atoms with Gasteiger partial charge in [0.15, 0.2) is 10.9 Å². The number of aromatic nitrogens is 2. The topological polar surface area (TPSA) is 72.1 Å². The second kappa shape index (κ2) is 7.90. The van der Waals surface area contributed by atoms with Crippen LogP contribution in [-0.2, 0) is 12.8 Å². The largest absolute Gasteiger partial charge is 0.455 e. The van der Waals surface area contributed by atoms with Gasteiger partial charge in [-0.15, -0.1) is 0 Å². The Labute approximate surface area is 128 Å². The van der Waals surface area contributed by atoms with E-state index in [4.69, 9.17) is 4.42 Å². The molecule has 2 aromatic rings. The Kier molecular flexibility index (Phi) is 5.89. The molecule has 114 valence electrons. The van der Waals surface area contributed by atoms with Gasteiger partial charge in [-0.3, -0.25) is 4.79 Å². The lowest BCUT2D eigenvalue weighted by atomic mass is 10.4. The van der Waals surface area contributed by atoms with Crippen LogP contribution in [0.15, 0.2) is 34.1 Å². The molecule has 7 heteroatoms. The number of rotatable bonds is 8. The van der Waals surface area contributed by atoms with Gasteiger partial charge in [0, 0.05) is 26.0 Å². The normalized spacial score (nSPS) is 10.8. The SMILES string of the molecule is CNCCCNC(=O)c1ccc(CSc2nccn2C)o1. The van der Waals surface area contributed by atoms with Crippen LogP contribution in [0.5, 0.6) is 0 Å². The Morgan fingerprint density at radius 1 is 1.43 bits per heavy atom. The number of aryl methyl sites for hydroxylation is 1. The maximum Gasteiger partial charge on any atom is 0.286 e. The third kappa shape index (κ3) is 4.64. The standard InChI is InChI=1S/C14H20N4O2S/c1-15-6-3-7-16-13(19)12-5-4-11(20-12)10-21-14-17-8-9-18(14)2/h4-5,8-9,15H,3,6-7,10H2,1-2H3,(H,16,19). The predicted octanol–water partition coefficient (Wildman–Crippen LogP) is 1.64. The highest BCUT2D eigenvalue weighted by atomic mass is 32.2. The average molecular weight is 308 g/mol. The van der Waals surface area contributed by atoms with Gasteiger partial charge in [-0.2, -0.15) is 0 Å². The summed E-state index contributed by atoms with van der Waals surface area (Å²) in [6.07, 6.45) is 4.55. The van der Waals surface area contributed by atoms with Crippen LogP contribution in [0, 0.1) is 0 Å². The number of nitrogens with one attached hydrogen (secondary N) is 2. The molecule has 0 saturated heterocycles. The van der Waals surface area contributed by atoms with Crippen molar-refractivity contribution in [2.24, 2.45) is 7.05 Å². The number of carbonyl (C=O) groups excluding carboxylic acids is 1. The summed E-state index contributed by atoms with van der Waals surface area (Å²) in [6, 6.07) is 3.54. The van der Waals surface area contributed by atoms with Gasteiger partial charge >= 0.3 is 0 Å². The molecule has 0 bridgehead atoms. The summed E-state index contributed by atoms with van der Waals surface area (Å²) >= 11 is 1.57. The van der Waals surface area contributed by atoms with Gasteiger partial charge in [0.05, 0.1) is 5.75 Å². The highest BCUT2D eigenvalue weighted by Crippen LogP contribution is 2.21. The first-order valence-electron chi connectivity index (χ1n) is 6.82. The molecule has 0 atom stereocenters. The molecular formula is C14H20N4O2S. The molecule has 2 rings (SSSR count). The zero-order chi connectivity index (χ0) is 15.1. The van der Waals surface area contributed by atoms with Gasteiger partial charge in [-0.25, -0.2) is 4.98 Å². The van der Waals surface area contributed by atoms with Crippen molar-refractivity contribution < 1.29 is 9.21 Å². The van der Waals surface area contributed by atoms with Gasteiger partial charge in [-0.05, 0) is 32.1 Å². The van der Waals surface area contributed by atoms with E-state index in [1.165, 1.54) is 0 Å². The lowest BCUT2D eigenvalue weighted by Gasteiger charge is -2.02. The summed E-state index contributed by atoms with van der Waals surface area (Å²) in [7, 11) is 3.83. The van der Waals surface area contributed by atoms with Crippen LogP contribution in [-0.4, -0.2) is 35.6 Å². The van der Waals surface area contributed by atoms with Crippen molar-refractivity contribution >= 4 is 17.7 Å². The summed E-state index contributed by atoms with van der Waals surface area (Å²) < 4.78 is 7.50. The van der Waals surface area contributed by atoms with Crippen molar-refractivity contribution in [2.75, 3.05) is 20.1 Å². The number of nitrogens with zero attached hydrogens (tertiary/aromatic N) is 2. The van der Waals surface area contributed by atoms with E-state index >= 15 is 0 Å². The second-order valence-electron chi connectivity index (χ2n) is 4.59. The van der Waals surface area contributed by atoms with E-state index in [1.54, 1.807) is 24.0 Å². The minimum Gasteiger partial charge on any atom is -0.455 e. The van der Waals surface area contributed by atoms with E-state index in [0.717, 1.165) is 23.9 Å². The predicted molar refractivity (Wildman–Crippen MR) is 82.4 cm³/mol. The molecule has 0 radical (unpaired) electrons. The van der Waals surface area contributed by atoms with Gasteiger partial charge in [0.1, 0.15) is 5.76 Å². The Bertz CT molecular complexity index is 579. The minimum atomic E-state index is -0.167. The van der Waals surface area contributed by atoms with Crippen molar-refractivity contribution in [3.63, 3.8) is 0 Å². The molecule has 1 amide bonds. The summed E-state index contributed by atoms with van der Waals surface area (Å²) in [5, 5.41) is 6.79. The van der Waals surface area contributed by atoms with Crippen molar-refractivity contribution in [2.45, 2.75) is 17.3 Å². The molecule has 0 fully saturated rings. The molecule has 0 unspecified atom stereocenters. The van der Waals surface area contributed by atoms with Crippen LogP contribution in [0.4, 0.5) is 0 Å². The highest BCUT2D eigenvalue weighted by molar-refractivity contribution is 7.98. The lowest BCUT2D eigenvalue weighted by molar-refractivity contribution is 0.0924. The quantitative estimate of drug-likeness (QED) is 0.573. The molecule has 2 N–H and O–H groups in total. The Hall–Kier alpha value is -1.73. The number of amides is 1.